The molecule has 24 heavy (non-hydrogen) atoms. The number of amides is 1. The number of aromatic nitrogens is 2. The summed E-state index contributed by atoms with van der Waals surface area (Å²) in [4.78, 5) is 22.5. The number of ether oxygens (including phenoxy) is 1. The summed E-state index contributed by atoms with van der Waals surface area (Å²) >= 11 is 7.55. The number of rotatable bonds is 2. The number of nitrogens with one attached hydrogen (secondary N) is 1. The Hall–Kier alpha value is -1.40. The predicted octanol–water partition coefficient (Wildman–Crippen LogP) is 4.90. The molecule has 0 saturated heterocycles. The van der Waals surface area contributed by atoms with Gasteiger partial charge in [0.05, 0.1) is 0 Å². The molecule has 0 atom stereocenters. The number of thiophene rings is 1. The van der Waals surface area contributed by atoms with E-state index in [2.05, 4.69) is 21.4 Å². The van der Waals surface area contributed by atoms with E-state index < -0.39 is 5.60 Å². The predicted molar refractivity (Wildman–Crippen MR) is 96.8 cm³/mol. The van der Waals surface area contributed by atoms with Gasteiger partial charge in [-0.2, -0.15) is 0 Å². The van der Waals surface area contributed by atoms with Gasteiger partial charge in [0.15, 0.2) is 0 Å². The van der Waals surface area contributed by atoms with Gasteiger partial charge in [-0.05, 0) is 70.0 Å². The van der Waals surface area contributed by atoms with Crippen molar-refractivity contribution in [3.05, 3.63) is 22.4 Å². The Morgan fingerprint density at radius 2 is 2.04 bits per heavy atom. The fraction of sp³-hybridized carbons (Fsp3) is 0.588. The van der Waals surface area contributed by atoms with Gasteiger partial charge in [0.25, 0.3) is 0 Å². The van der Waals surface area contributed by atoms with Gasteiger partial charge in [0, 0.05) is 22.5 Å². The van der Waals surface area contributed by atoms with Crippen LogP contribution >= 0.6 is 22.9 Å². The van der Waals surface area contributed by atoms with Crippen molar-refractivity contribution in [2.45, 2.75) is 64.0 Å². The van der Waals surface area contributed by atoms with Crippen LogP contribution in [-0.2, 0) is 4.74 Å². The van der Waals surface area contributed by atoms with Gasteiger partial charge in [-0.15, -0.1) is 11.3 Å². The second-order valence-corrected chi connectivity index (χ2v) is 8.64. The van der Waals surface area contributed by atoms with Crippen LogP contribution in [0.3, 0.4) is 0 Å². The minimum Gasteiger partial charge on any atom is -0.444 e. The Kier molecular flexibility index (Phi) is 4.97. The van der Waals surface area contributed by atoms with E-state index in [1.807, 2.05) is 20.8 Å². The van der Waals surface area contributed by atoms with Crippen LogP contribution in [0.5, 0.6) is 0 Å². The molecule has 5 nitrogen and oxygen atoms in total. The molecule has 1 saturated carbocycles. The molecule has 2 aromatic rings. The Labute approximate surface area is 150 Å². The molecule has 0 aromatic carbocycles. The number of hydrogen-bond acceptors (Lipinski definition) is 5. The van der Waals surface area contributed by atoms with E-state index in [1.165, 1.54) is 4.88 Å². The normalized spacial score (nSPS) is 21.7. The van der Waals surface area contributed by atoms with Gasteiger partial charge in [-0.25, -0.2) is 14.8 Å². The summed E-state index contributed by atoms with van der Waals surface area (Å²) in [5.74, 6) is 0.514. The van der Waals surface area contributed by atoms with E-state index in [0.717, 1.165) is 35.9 Å². The SMILES string of the molecule is CC(C)(C)OC(=O)NC1CCC(c2cc3cnc(Cl)nc3s2)CC1. The van der Waals surface area contributed by atoms with E-state index >= 15 is 0 Å². The van der Waals surface area contributed by atoms with Crippen molar-refractivity contribution in [3.8, 4) is 0 Å². The molecule has 1 amide bonds. The fourth-order valence-corrected chi connectivity index (χ4v) is 4.38. The van der Waals surface area contributed by atoms with Crippen molar-refractivity contribution in [2.24, 2.45) is 0 Å². The van der Waals surface area contributed by atoms with E-state index in [-0.39, 0.29) is 12.1 Å². The lowest BCUT2D eigenvalue weighted by atomic mass is 9.85. The van der Waals surface area contributed by atoms with Crippen molar-refractivity contribution >= 4 is 39.2 Å². The lowest BCUT2D eigenvalue weighted by molar-refractivity contribution is 0.0491. The van der Waals surface area contributed by atoms with Gasteiger partial charge in [-0.3, -0.25) is 0 Å². The number of alkyl carbamates (subject to hydrolysis) is 1. The Balaban J connectivity index is 1.57. The highest BCUT2D eigenvalue weighted by Gasteiger charge is 2.26. The lowest BCUT2D eigenvalue weighted by Gasteiger charge is -2.29. The van der Waals surface area contributed by atoms with Crippen LogP contribution in [-0.4, -0.2) is 27.7 Å². The van der Waals surface area contributed by atoms with E-state index in [0.29, 0.717) is 11.2 Å². The molecule has 0 bridgehead atoms. The van der Waals surface area contributed by atoms with E-state index in [1.54, 1.807) is 17.5 Å². The van der Waals surface area contributed by atoms with Gasteiger partial charge in [-0.1, -0.05) is 0 Å². The van der Waals surface area contributed by atoms with E-state index in [9.17, 15) is 4.79 Å². The number of halogens is 1. The summed E-state index contributed by atoms with van der Waals surface area (Å²) in [5, 5.41) is 4.33. The standard InChI is InChI=1S/C17H22ClN3O2S/c1-17(2,3)23-16(22)20-12-6-4-10(5-7-12)13-8-11-9-19-15(18)21-14(11)24-13/h8-10,12H,4-7H2,1-3H3,(H,20,22). The van der Waals surface area contributed by atoms with Crippen molar-refractivity contribution in [1.29, 1.82) is 0 Å². The fourth-order valence-electron chi connectivity index (χ4n) is 3.03. The van der Waals surface area contributed by atoms with Crippen LogP contribution in [0.2, 0.25) is 5.28 Å². The minimum absolute atomic E-state index is 0.194. The van der Waals surface area contributed by atoms with Crippen molar-refractivity contribution < 1.29 is 9.53 Å². The summed E-state index contributed by atoms with van der Waals surface area (Å²) in [6.45, 7) is 5.63. The third-order valence-corrected chi connectivity index (χ3v) is 5.50. The number of fused-ring (bicyclic) bond motifs is 1. The van der Waals surface area contributed by atoms with Crippen LogP contribution in [0.4, 0.5) is 4.79 Å². The Morgan fingerprint density at radius 3 is 2.71 bits per heavy atom. The lowest BCUT2D eigenvalue weighted by Crippen LogP contribution is -2.40. The zero-order chi connectivity index (χ0) is 17.3. The molecule has 1 aliphatic carbocycles. The number of carbonyl (C=O) groups excluding carboxylic acids is 1. The van der Waals surface area contributed by atoms with Crippen LogP contribution < -0.4 is 5.32 Å². The first-order chi connectivity index (χ1) is 11.3. The monoisotopic (exact) mass is 367 g/mol. The van der Waals surface area contributed by atoms with Gasteiger partial charge in [0.2, 0.25) is 5.28 Å². The zero-order valence-electron chi connectivity index (χ0n) is 14.1. The zero-order valence-corrected chi connectivity index (χ0v) is 15.7. The molecule has 1 N–H and O–H groups in total. The van der Waals surface area contributed by atoms with Crippen LogP contribution in [0.25, 0.3) is 10.2 Å². The average molecular weight is 368 g/mol. The Morgan fingerprint density at radius 1 is 1.33 bits per heavy atom. The van der Waals surface area contributed by atoms with Crippen LogP contribution in [0, 0.1) is 0 Å². The smallest absolute Gasteiger partial charge is 0.407 e. The summed E-state index contributed by atoms with van der Waals surface area (Å²) in [7, 11) is 0. The van der Waals surface area contributed by atoms with Crippen molar-refractivity contribution in [3.63, 3.8) is 0 Å². The second kappa shape index (κ2) is 6.84. The second-order valence-electron chi connectivity index (χ2n) is 7.24. The third-order valence-electron chi connectivity index (χ3n) is 4.11. The average Bonchev–Trinajstić information content (AvgIpc) is 2.89. The first-order valence-corrected chi connectivity index (χ1v) is 9.41. The summed E-state index contributed by atoms with van der Waals surface area (Å²) in [6.07, 6.45) is 5.48. The number of nitrogens with zero attached hydrogens (tertiary/aromatic N) is 2. The molecule has 2 heterocycles. The largest absolute Gasteiger partial charge is 0.444 e. The van der Waals surface area contributed by atoms with Crippen molar-refractivity contribution in [2.75, 3.05) is 0 Å². The molecule has 0 radical (unpaired) electrons. The molecule has 0 unspecified atom stereocenters. The number of carbonyl (C=O) groups is 1. The maximum Gasteiger partial charge on any atom is 0.407 e. The highest BCUT2D eigenvalue weighted by atomic mass is 35.5. The van der Waals surface area contributed by atoms with Crippen molar-refractivity contribution in [1.82, 2.24) is 15.3 Å². The van der Waals surface area contributed by atoms with Crippen LogP contribution in [0.15, 0.2) is 12.3 Å². The molecule has 7 heteroatoms. The van der Waals surface area contributed by atoms with E-state index in [4.69, 9.17) is 16.3 Å². The molecule has 0 spiro atoms. The molecule has 1 aliphatic rings. The molecular formula is C17H22ClN3O2S. The summed E-state index contributed by atoms with van der Waals surface area (Å²) in [6, 6.07) is 2.36. The summed E-state index contributed by atoms with van der Waals surface area (Å²) < 4.78 is 5.33. The van der Waals surface area contributed by atoms with Gasteiger partial charge >= 0.3 is 6.09 Å². The third kappa shape index (κ3) is 4.36. The molecule has 0 aliphatic heterocycles. The topological polar surface area (TPSA) is 64.1 Å². The Bertz CT molecular complexity index is 733. The van der Waals surface area contributed by atoms with Gasteiger partial charge < -0.3 is 10.1 Å². The molecule has 1 fully saturated rings. The van der Waals surface area contributed by atoms with Crippen LogP contribution in [0.1, 0.15) is 57.2 Å². The highest BCUT2D eigenvalue weighted by molar-refractivity contribution is 7.18. The molecule has 2 aromatic heterocycles. The first kappa shape index (κ1) is 17.4. The minimum atomic E-state index is -0.458. The molecule has 130 valence electrons. The molecule has 3 rings (SSSR count). The maximum atomic E-state index is 11.9. The number of hydrogen-bond donors (Lipinski definition) is 1. The van der Waals surface area contributed by atoms with Gasteiger partial charge in [0.1, 0.15) is 10.4 Å². The maximum absolute atomic E-state index is 11.9. The summed E-state index contributed by atoms with van der Waals surface area (Å²) in [5.41, 5.74) is -0.458. The first-order valence-electron chi connectivity index (χ1n) is 8.21. The highest BCUT2D eigenvalue weighted by Crippen LogP contribution is 2.38. The quantitative estimate of drug-likeness (QED) is 0.767. The molecular weight excluding hydrogens is 346 g/mol.